The lowest BCUT2D eigenvalue weighted by Crippen LogP contribution is -2.27. The molecule has 0 radical (unpaired) electrons. The van der Waals surface area contributed by atoms with E-state index in [0.29, 0.717) is 12.1 Å². The van der Waals surface area contributed by atoms with Crippen LogP contribution in [0, 0.1) is 18.2 Å². The molecule has 1 aromatic heterocycles. The molecule has 2 aromatic rings. The maximum Gasteiger partial charge on any atom is 0.165 e. The molecule has 1 aliphatic carbocycles. The van der Waals surface area contributed by atoms with Gasteiger partial charge in [0.25, 0.3) is 0 Å². The van der Waals surface area contributed by atoms with Crippen molar-refractivity contribution in [3.63, 3.8) is 0 Å². The molecule has 0 N–H and O–H groups in total. The van der Waals surface area contributed by atoms with E-state index in [1.165, 1.54) is 6.07 Å². The Morgan fingerprint density at radius 2 is 1.95 bits per heavy atom. The van der Waals surface area contributed by atoms with Crippen molar-refractivity contribution in [1.82, 2.24) is 4.57 Å². The topological polar surface area (TPSA) is 22.0 Å². The lowest BCUT2D eigenvalue weighted by Gasteiger charge is -2.29. The lowest BCUT2D eigenvalue weighted by atomic mass is 9.76. The van der Waals surface area contributed by atoms with Crippen LogP contribution in [0.15, 0.2) is 30.5 Å². The number of hydrogen-bond acceptors (Lipinski definition) is 1. The molecule has 3 rings (SSSR count). The summed E-state index contributed by atoms with van der Waals surface area (Å²) in [5.74, 6) is -0.104. The van der Waals surface area contributed by atoms with E-state index < -0.39 is 0 Å². The second-order valence-electron chi connectivity index (χ2n) is 6.44. The fraction of sp³-hybridized carbons (Fsp3) is 0.353. The minimum Gasteiger partial charge on any atom is -0.317 e. The average Bonchev–Trinajstić information content (AvgIpc) is 2.74. The number of benzene rings is 1. The molecule has 0 bridgehead atoms. The van der Waals surface area contributed by atoms with Gasteiger partial charge in [-0.05, 0) is 42.5 Å². The van der Waals surface area contributed by atoms with E-state index in [4.69, 9.17) is 0 Å². The van der Waals surface area contributed by atoms with Gasteiger partial charge < -0.3 is 4.57 Å². The molecule has 0 fully saturated rings. The Morgan fingerprint density at radius 3 is 2.70 bits per heavy atom. The Kier molecular flexibility index (Phi) is 2.82. The zero-order valence-electron chi connectivity index (χ0n) is 12.0. The van der Waals surface area contributed by atoms with Crippen LogP contribution < -0.4 is 0 Å². The predicted octanol–water partition coefficient (Wildman–Crippen LogP) is 4.08. The van der Waals surface area contributed by atoms with Crippen molar-refractivity contribution in [2.45, 2.75) is 33.6 Å². The van der Waals surface area contributed by atoms with Crippen LogP contribution in [0.3, 0.4) is 0 Å². The highest BCUT2D eigenvalue weighted by Gasteiger charge is 2.33. The van der Waals surface area contributed by atoms with E-state index in [2.05, 4.69) is 13.8 Å². The maximum absolute atomic E-state index is 14.1. The maximum atomic E-state index is 14.1. The Labute approximate surface area is 118 Å². The van der Waals surface area contributed by atoms with Crippen molar-refractivity contribution in [2.75, 3.05) is 0 Å². The first-order chi connectivity index (χ1) is 9.37. The van der Waals surface area contributed by atoms with E-state index in [1.54, 1.807) is 6.07 Å². The van der Waals surface area contributed by atoms with Crippen LogP contribution >= 0.6 is 0 Å². The third-order valence-corrected chi connectivity index (χ3v) is 3.94. The van der Waals surface area contributed by atoms with Gasteiger partial charge in [-0.1, -0.05) is 19.9 Å². The zero-order chi connectivity index (χ0) is 14.5. The van der Waals surface area contributed by atoms with E-state index in [-0.39, 0.29) is 17.0 Å². The highest BCUT2D eigenvalue weighted by Crippen LogP contribution is 2.36. The number of carbonyl (C=O) groups excluding carboxylic acids is 1. The molecule has 2 nitrogen and oxygen atoms in total. The van der Waals surface area contributed by atoms with E-state index >= 15 is 0 Å². The Hall–Kier alpha value is -1.90. The summed E-state index contributed by atoms with van der Waals surface area (Å²) in [6.45, 7) is 6.10. The molecular weight excluding hydrogens is 253 g/mol. The van der Waals surface area contributed by atoms with Gasteiger partial charge in [-0.2, -0.15) is 0 Å². The number of Topliss-reactive ketones (excluding diaryl/α,β-unsaturated/α-hetero) is 1. The molecule has 0 saturated heterocycles. The summed E-state index contributed by atoms with van der Waals surface area (Å²) >= 11 is 0. The Morgan fingerprint density at radius 1 is 1.20 bits per heavy atom. The van der Waals surface area contributed by atoms with Gasteiger partial charge in [-0.15, -0.1) is 0 Å². The Balaban J connectivity index is 2.18. The number of hydrogen-bond donors (Lipinski definition) is 0. The molecule has 20 heavy (non-hydrogen) atoms. The minimum absolute atomic E-state index is 0.0690. The molecule has 0 amide bonds. The fourth-order valence-electron chi connectivity index (χ4n) is 2.98. The molecule has 0 aliphatic heterocycles. The van der Waals surface area contributed by atoms with Gasteiger partial charge in [-0.3, -0.25) is 4.79 Å². The largest absolute Gasteiger partial charge is 0.317 e. The van der Waals surface area contributed by atoms with E-state index in [9.17, 15) is 9.18 Å². The summed E-state index contributed by atoms with van der Waals surface area (Å²) in [5.41, 5.74) is 3.13. The zero-order valence-corrected chi connectivity index (χ0v) is 12.0. The van der Waals surface area contributed by atoms with Gasteiger partial charge in [0.1, 0.15) is 5.82 Å². The SMILES string of the molecule is Cc1ccc(F)c(-n2ccc3c2CC(C)(C)CC3=O)c1. The van der Waals surface area contributed by atoms with E-state index in [1.807, 2.05) is 29.8 Å². The molecule has 1 aromatic carbocycles. The number of ketones is 1. The van der Waals surface area contributed by atoms with Crippen LogP contribution in [-0.2, 0) is 6.42 Å². The highest BCUT2D eigenvalue weighted by atomic mass is 19.1. The molecule has 0 spiro atoms. The van der Waals surface area contributed by atoms with Crippen LogP contribution in [0.25, 0.3) is 5.69 Å². The normalized spacial score (nSPS) is 17.1. The number of nitrogens with zero attached hydrogens (tertiary/aromatic N) is 1. The van der Waals surface area contributed by atoms with Crippen LogP contribution in [0.2, 0.25) is 0 Å². The lowest BCUT2D eigenvalue weighted by molar-refractivity contribution is 0.0911. The van der Waals surface area contributed by atoms with Gasteiger partial charge in [0.2, 0.25) is 0 Å². The summed E-state index contributed by atoms with van der Waals surface area (Å²) in [6, 6.07) is 6.87. The van der Waals surface area contributed by atoms with Crippen molar-refractivity contribution in [3.8, 4) is 5.69 Å². The molecule has 0 atom stereocenters. The Bertz CT molecular complexity index is 697. The number of halogens is 1. The number of aryl methyl sites for hydroxylation is 1. The van der Waals surface area contributed by atoms with Crippen LogP contribution in [-0.4, -0.2) is 10.4 Å². The smallest absolute Gasteiger partial charge is 0.165 e. The van der Waals surface area contributed by atoms with Crippen molar-refractivity contribution in [2.24, 2.45) is 5.41 Å². The molecule has 3 heteroatoms. The fourth-order valence-corrected chi connectivity index (χ4v) is 2.98. The van der Waals surface area contributed by atoms with Crippen molar-refractivity contribution < 1.29 is 9.18 Å². The number of fused-ring (bicyclic) bond motifs is 1. The molecular formula is C17H18FNO. The highest BCUT2D eigenvalue weighted by molar-refractivity contribution is 5.99. The van der Waals surface area contributed by atoms with Gasteiger partial charge in [-0.25, -0.2) is 4.39 Å². The summed E-state index contributed by atoms with van der Waals surface area (Å²) in [4.78, 5) is 12.2. The summed E-state index contributed by atoms with van der Waals surface area (Å²) in [5, 5.41) is 0. The van der Waals surface area contributed by atoms with Gasteiger partial charge in [0, 0.05) is 23.9 Å². The summed E-state index contributed by atoms with van der Waals surface area (Å²) < 4.78 is 15.9. The quantitative estimate of drug-likeness (QED) is 0.766. The van der Waals surface area contributed by atoms with Gasteiger partial charge in [0.15, 0.2) is 5.78 Å². The van der Waals surface area contributed by atoms with E-state index in [0.717, 1.165) is 23.2 Å². The first kappa shape index (κ1) is 13.1. The van der Waals surface area contributed by atoms with Crippen LogP contribution in [0.5, 0.6) is 0 Å². The second-order valence-corrected chi connectivity index (χ2v) is 6.44. The van der Waals surface area contributed by atoms with Gasteiger partial charge in [0.05, 0.1) is 5.69 Å². The molecule has 0 saturated carbocycles. The first-order valence-electron chi connectivity index (χ1n) is 6.87. The monoisotopic (exact) mass is 271 g/mol. The number of carbonyl (C=O) groups is 1. The third kappa shape index (κ3) is 2.07. The predicted molar refractivity (Wildman–Crippen MR) is 76.9 cm³/mol. The number of rotatable bonds is 1. The summed E-state index contributed by atoms with van der Waals surface area (Å²) in [7, 11) is 0. The minimum atomic E-state index is -0.259. The van der Waals surface area contributed by atoms with Gasteiger partial charge >= 0.3 is 0 Å². The third-order valence-electron chi connectivity index (χ3n) is 3.94. The standard InChI is InChI=1S/C17H18FNO/c1-11-4-5-13(18)14(8-11)19-7-6-12-15(19)9-17(2,3)10-16(12)20/h4-8H,9-10H2,1-3H3. The average molecular weight is 271 g/mol. The molecule has 1 aliphatic rings. The summed E-state index contributed by atoms with van der Waals surface area (Å²) in [6.07, 6.45) is 3.15. The molecule has 1 heterocycles. The number of aromatic nitrogens is 1. The van der Waals surface area contributed by atoms with Crippen LogP contribution in [0.1, 0.15) is 41.9 Å². The second kappa shape index (κ2) is 4.30. The van der Waals surface area contributed by atoms with Crippen molar-refractivity contribution >= 4 is 5.78 Å². The van der Waals surface area contributed by atoms with Crippen LogP contribution in [0.4, 0.5) is 4.39 Å². The van der Waals surface area contributed by atoms with Crippen molar-refractivity contribution in [1.29, 1.82) is 0 Å². The first-order valence-corrected chi connectivity index (χ1v) is 6.87. The van der Waals surface area contributed by atoms with Crippen molar-refractivity contribution in [3.05, 3.63) is 53.1 Å². The molecule has 0 unspecified atom stereocenters. The molecule has 104 valence electrons.